The molecule has 0 aliphatic carbocycles. The Morgan fingerprint density at radius 2 is 1.38 bits per heavy atom. The van der Waals surface area contributed by atoms with Crippen molar-refractivity contribution >= 4 is 6.08 Å². The lowest BCUT2D eigenvalue weighted by molar-refractivity contribution is 0.230. The van der Waals surface area contributed by atoms with E-state index in [1.165, 1.54) is 0 Å². The van der Waals surface area contributed by atoms with E-state index in [-0.39, 0.29) is 5.88 Å². The molecule has 0 amide bonds. The van der Waals surface area contributed by atoms with Crippen molar-refractivity contribution in [1.82, 2.24) is 4.90 Å². The van der Waals surface area contributed by atoms with Gasteiger partial charge in [-0.25, -0.2) is 0 Å². The van der Waals surface area contributed by atoms with Crippen molar-refractivity contribution < 1.29 is 33.2 Å². The quantitative estimate of drug-likeness (QED) is 0.319. The highest BCUT2D eigenvalue weighted by molar-refractivity contribution is 5.68. The maximum Gasteiger partial charge on any atom is 0.205 e. The van der Waals surface area contributed by atoms with Gasteiger partial charge in [-0.15, -0.1) is 0 Å². The van der Waals surface area contributed by atoms with Gasteiger partial charge in [-0.3, -0.25) is 4.90 Å². The molecule has 2 aliphatic rings. The molecule has 5 rings (SSSR count). The first-order valence-corrected chi connectivity index (χ1v) is 14.3. The second-order valence-electron chi connectivity index (χ2n) is 10.5. The lowest BCUT2D eigenvalue weighted by Crippen LogP contribution is -2.37. The third kappa shape index (κ3) is 6.08. The molecule has 0 radical (unpaired) electrons. The SMILES string of the molecule is COc1cc(/C=C2\CN(Cc3ccccc3)CC3=C2OC(N)=C(C#N)C3c2cc(OC)c(OC)c(OC)c2)cc(OC)c1OC. The van der Waals surface area contributed by atoms with Crippen molar-refractivity contribution in [2.45, 2.75) is 12.5 Å². The zero-order valence-electron chi connectivity index (χ0n) is 26.3. The van der Waals surface area contributed by atoms with Gasteiger partial charge in [0, 0.05) is 25.2 Å². The molecule has 2 N–H and O–H groups in total. The number of nitriles is 1. The summed E-state index contributed by atoms with van der Waals surface area (Å²) in [4.78, 5) is 2.31. The predicted octanol–water partition coefficient (Wildman–Crippen LogP) is 5.40. The van der Waals surface area contributed by atoms with Crippen LogP contribution in [-0.2, 0) is 11.3 Å². The third-order valence-electron chi connectivity index (χ3n) is 7.90. The summed E-state index contributed by atoms with van der Waals surface area (Å²) in [6, 6.07) is 20.0. The van der Waals surface area contributed by atoms with Gasteiger partial charge < -0.3 is 38.9 Å². The molecule has 1 atom stereocenters. The van der Waals surface area contributed by atoms with Gasteiger partial charge in [-0.05, 0) is 52.6 Å². The van der Waals surface area contributed by atoms with E-state index in [9.17, 15) is 5.26 Å². The minimum absolute atomic E-state index is 0.0438. The topological polar surface area (TPSA) is 118 Å². The van der Waals surface area contributed by atoms with Crippen molar-refractivity contribution in [2.75, 3.05) is 55.7 Å². The van der Waals surface area contributed by atoms with Gasteiger partial charge in [0.1, 0.15) is 17.4 Å². The van der Waals surface area contributed by atoms with E-state index < -0.39 is 5.92 Å². The van der Waals surface area contributed by atoms with E-state index in [2.05, 4.69) is 23.1 Å². The average molecular weight is 612 g/mol. The largest absolute Gasteiger partial charge is 0.493 e. The summed E-state index contributed by atoms with van der Waals surface area (Å²) in [5, 5.41) is 10.4. The molecule has 45 heavy (non-hydrogen) atoms. The first kappa shape index (κ1) is 31.2. The van der Waals surface area contributed by atoms with Gasteiger partial charge in [-0.2, -0.15) is 5.26 Å². The predicted molar refractivity (Wildman–Crippen MR) is 170 cm³/mol. The Morgan fingerprint density at radius 3 is 1.89 bits per heavy atom. The second-order valence-corrected chi connectivity index (χ2v) is 10.5. The number of rotatable bonds is 10. The number of hydrogen-bond donors (Lipinski definition) is 1. The monoisotopic (exact) mass is 611 g/mol. The van der Waals surface area contributed by atoms with Crippen LogP contribution in [0.25, 0.3) is 6.08 Å². The molecule has 0 saturated carbocycles. The fraction of sp³-hybridized carbons (Fsp3) is 0.286. The van der Waals surface area contributed by atoms with Crippen molar-refractivity contribution in [2.24, 2.45) is 5.73 Å². The summed E-state index contributed by atoms with van der Waals surface area (Å²) in [5.74, 6) is 3.08. The summed E-state index contributed by atoms with van der Waals surface area (Å²) in [7, 11) is 9.41. The molecule has 10 nitrogen and oxygen atoms in total. The molecular formula is C35H37N3O7. The minimum Gasteiger partial charge on any atom is -0.493 e. The van der Waals surface area contributed by atoms with Crippen molar-refractivity contribution in [3.63, 3.8) is 0 Å². The molecule has 1 unspecified atom stereocenters. The van der Waals surface area contributed by atoms with Crippen molar-refractivity contribution in [1.29, 1.82) is 5.26 Å². The molecule has 0 bridgehead atoms. The van der Waals surface area contributed by atoms with Gasteiger partial charge >= 0.3 is 0 Å². The fourth-order valence-corrected chi connectivity index (χ4v) is 5.93. The highest BCUT2D eigenvalue weighted by Crippen LogP contribution is 2.48. The molecule has 3 aromatic rings. The van der Waals surface area contributed by atoms with Crippen LogP contribution in [0.1, 0.15) is 22.6 Å². The number of allylic oxidation sites excluding steroid dienone is 1. The highest BCUT2D eigenvalue weighted by atomic mass is 16.5. The van der Waals surface area contributed by atoms with E-state index >= 15 is 0 Å². The summed E-state index contributed by atoms with van der Waals surface area (Å²) in [6.45, 7) is 1.76. The normalized spacial score (nSPS) is 17.3. The van der Waals surface area contributed by atoms with Gasteiger partial charge in [-0.1, -0.05) is 30.3 Å². The summed E-state index contributed by atoms with van der Waals surface area (Å²) >= 11 is 0. The van der Waals surface area contributed by atoms with Crippen molar-refractivity contribution in [3.05, 3.63) is 99.6 Å². The van der Waals surface area contributed by atoms with Gasteiger partial charge in [0.2, 0.25) is 17.4 Å². The van der Waals surface area contributed by atoms with Gasteiger partial charge in [0.15, 0.2) is 23.0 Å². The summed E-state index contributed by atoms with van der Waals surface area (Å²) < 4.78 is 39.9. The van der Waals surface area contributed by atoms with Crippen LogP contribution in [-0.4, -0.2) is 60.6 Å². The molecule has 0 fully saturated rings. The standard InChI is InChI=1S/C35H37N3O7/c1-39-27-13-22(14-28(40-2)33(27)43-5)12-24-19-38(18-21-10-8-7-9-11-21)20-26-31(25(17-36)35(37)45-32(24)26)23-15-29(41-3)34(44-6)30(16-23)42-4/h7-16,31H,18-20,37H2,1-6H3/b24-12+. The van der Waals surface area contributed by atoms with Crippen LogP contribution in [0.3, 0.4) is 0 Å². The molecule has 0 saturated heterocycles. The van der Waals surface area contributed by atoms with Crippen LogP contribution in [0.5, 0.6) is 34.5 Å². The number of nitrogens with two attached hydrogens (primary N) is 1. The Labute approximate surface area is 263 Å². The van der Waals surface area contributed by atoms with Crippen LogP contribution in [0, 0.1) is 11.3 Å². The Morgan fingerprint density at radius 1 is 0.822 bits per heavy atom. The van der Waals surface area contributed by atoms with Gasteiger partial charge in [0.25, 0.3) is 0 Å². The Kier molecular flexibility index (Phi) is 9.40. The zero-order valence-corrected chi connectivity index (χ0v) is 26.3. The van der Waals surface area contributed by atoms with E-state index in [4.69, 9.17) is 38.9 Å². The van der Waals surface area contributed by atoms with Gasteiger partial charge in [0.05, 0.1) is 48.6 Å². The molecule has 2 aliphatic heterocycles. The lowest BCUT2D eigenvalue weighted by atomic mass is 9.80. The van der Waals surface area contributed by atoms with E-state index in [1.54, 1.807) is 42.7 Å². The van der Waals surface area contributed by atoms with Crippen LogP contribution in [0.2, 0.25) is 0 Å². The first-order valence-electron chi connectivity index (χ1n) is 14.3. The smallest absolute Gasteiger partial charge is 0.205 e. The second kappa shape index (κ2) is 13.6. The molecular weight excluding hydrogens is 574 g/mol. The maximum atomic E-state index is 10.4. The molecule has 234 valence electrons. The average Bonchev–Trinajstić information content (AvgIpc) is 3.07. The van der Waals surface area contributed by atoms with Crippen molar-refractivity contribution in [3.8, 4) is 40.6 Å². The number of methoxy groups -OCH3 is 6. The minimum atomic E-state index is -0.533. The first-order chi connectivity index (χ1) is 21.9. The lowest BCUT2D eigenvalue weighted by Gasteiger charge is -2.38. The third-order valence-corrected chi connectivity index (χ3v) is 7.90. The fourth-order valence-electron chi connectivity index (χ4n) is 5.93. The van der Waals surface area contributed by atoms with Crippen LogP contribution >= 0.6 is 0 Å². The van der Waals surface area contributed by atoms with Crippen LogP contribution in [0.4, 0.5) is 0 Å². The number of benzene rings is 3. The molecule has 2 heterocycles. The molecule has 10 heteroatoms. The maximum absolute atomic E-state index is 10.4. The number of ether oxygens (including phenoxy) is 7. The number of nitrogens with zero attached hydrogens (tertiary/aromatic N) is 2. The van der Waals surface area contributed by atoms with E-state index in [0.29, 0.717) is 65.5 Å². The summed E-state index contributed by atoms with van der Waals surface area (Å²) in [6.07, 6.45) is 2.02. The molecule has 3 aromatic carbocycles. The highest BCUT2D eigenvalue weighted by Gasteiger charge is 2.38. The van der Waals surface area contributed by atoms with Crippen LogP contribution in [0.15, 0.2) is 83.0 Å². The Bertz CT molecular complexity index is 1660. The number of hydrogen-bond acceptors (Lipinski definition) is 10. The summed E-state index contributed by atoms with van der Waals surface area (Å²) in [5.41, 5.74) is 11.3. The molecule has 0 aromatic heterocycles. The zero-order chi connectivity index (χ0) is 32.1. The Balaban J connectivity index is 1.71. The van der Waals surface area contributed by atoms with Crippen LogP contribution < -0.4 is 34.2 Å². The van der Waals surface area contributed by atoms with E-state index in [1.807, 2.05) is 48.5 Å². The Hall–Kier alpha value is -5.27. The van der Waals surface area contributed by atoms with E-state index in [0.717, 1.165) is 27.8 Å². The molecule has 0 spiro atoms.